The number of hydrogen-bond donors (Lipinski definition) is 1. The number of fused-ring (bicyclic) bond motifs is 1. The molecular formula is C14H27NO. The highest BCUT2D eigenvalue weighted by Crippen LogP contribution is 2.51. The lowest BCUT2D eigenvalue weighted by Crippen LogP contribution is -2.65. The van der Waals surface area contributed by atoms with E-state index >= 15 is 0 Å². The van der Waals surface area contributed by atoms with Crippen molar-refractivity contribution in [3.05, 3.63) is 0 Å². The van der Waals surface area contributed by atoms with Crippen LogP contribution in [0.4, 0.5) is 0 Å². The predicted molar refractivity (Wildman–Crippen MR) is 67.5 cm³/mol. The molecule has 0 amide bonds. The molecule has 1 aliphatic carbocycles. The van der Waals surface area contributed by atoms with Gasteiger partial charge in [0.15, 0.2) is 0 Å². The molecule has 0 bridgehead atoms. The van der Waals surface area contributed by atoms with E-state index in [0.29, 0.717) is 17.6 Å². The van der Waals surface area contributed by atoms with E-state index < -0.39 is 0 Å². The molecule has 3 atom stereocenters. The van der Waals surface area contributed by atoms with Gasteiger partial charge >= 0.3 is 0 Å². The zero-order valence-electron chi connectivity index (χ0n) is 11.3. The van der Waals surface area contributed by atoms with E-state index in [1.807, 2.05) is 0 Å². The summed E-state index contributed by atoms with van der Waals surface area (Å²) in [4.78, 5) is 0. The van der Waals surface area contributed by atoms with Crippen molar-refractivity contribution in [2.75, 3.05) is 13.2 Å². The average Bonchev–Trinajstić information content (AvgIpc) is 2.63. The summed E-state index contributed by atoms with van der Waals surface area (Å²) in [5.41, 5.74) is 0.346. The lowest BCUT2D eigenvalue weighted by Gasteiger charge is -2.55. The molecule has 3 unspecified atom stereocenters. The van der Waals surface area contributed by atoms with Crippen molar-refractivity contribution in [2.45, 2.75) is 59.1 Å². The summed E-state index contributed by atoms with van der Waals surface area (Å²) in [5.74, 6) is 1.62. The van der Waals surface area contributed by atoms with Gasteiger partial charge in [-0.25, -0.2) is 0 Å². The third-order valence-electron chi connectivity index (χ3n) is 4.42. The second kappa shape index (κ2) is 4.66. The van der Waals surface area contributed by atoms with Gasteiger partial charge in [-0.15, -0.1) is 0 Å². The largest absolute Gasteiger partial charge is 0.377 e. The molecule has 2 heteroatoms. The Labute approximate surface area is 100 Å². The van der Waals surface area contributed by atoms with Crippen LogP contribution in [0.2, 0.25) is 0 Å². The van der Waals surface area contributed by atoms with E-state index in [4.69, 9.17) is 4.74 Å². The Morgan fingerprint density at radius 3 is 2.81 bits per heavy atom. The molecule has 94 valence electrons. The first-order chi connectivity index (χ1) is 7.53. The molecule has 0 radical (unpaired) electrons. The SMILES string of the molecule is CC(C)CCCNC1C2CCOC2C1(C)C. The van der Waals surface area contributed by atoms with Crippen molar-refractivity contribution in [2.24, 2.45) is 17.3 Å². The molecule has 0 aromatic heterocycles. The van der Waals surface area contributed by atoms with Crippen LogP contribution in [-0.4, -0.2) is 25.3 Å². The zero-order chi connectivity index (χ0) is 11.8. The van der Waals surface area contributed by atoms with E-state index in [9.17, 15) is 0 Å². The number of hydrogen-bond acceptors (Lipinski definition) is 2. The summed E-state index contributed by atoms with van der Waals surface area (Å²) in [6, 6.07) is 0.687. The van der Waals surface area contributed by atoms with E-state index in [1.54, 1.807) is 0 Å². The molecule has 0 spiro atoms. The third kappa shape index (κ3) is 2.14. The molecule has 1 N–H and O–H groups in total. The predicted octanol–water partition coefficient (Wildman–Crippen LogP) is 2.83. The fraction of sp³-hybridized carbons (Fsp3) is 1.00. The van der Waals surface area contributed by atoms with Gasteiger partial charge in [-0.1, -0.05) is 27.7 Å². The quantitative estimate of drug-likeness (QED) is 0.726. The second-order valence-corrected chi connectivity index (χ2v) is 6.53. The van der Waals surface area contributed by atoms with E-state index in [0.717, 1.165) is 18.4 Å². The standard InChI is InChI=1S/C14H27NO/c1-10(2)6-5-8-15-12-11-7-9-16-13(11)14(12,3)4/h10-13,15H,5-9H2,1-4H3. The number of nitrogens with one attached hydrogen (secondary N) is 1. The fourth-order valence-electron chi connectivity index (χ4n) is 3.51. The third-order valence-corrected chi connectivity index (χ3v) is 4.42. The van der Waals surface area contributed by atoms with E-state index in [-0.39, 0.29) is 0 Å². The molecule has 1 aliphatic heterocycles. The molecule has 2 rings (SSSR count). The Morgan fingerprint density at radius 1 is 1.38 bits per heavy atom. The molecule has 0 aromatic carbocycles. The molecule has 1 saturated heterocycles. The first-order valence-electron chi connectivity index (χ1n) is 6.88. The molecule has 1 saturated carbocycles. The highest BCUT2D eigenvalue weighted by atomic mass is 16.5. The van der Waals surface area contributed by atoms with Crippen LogP contribution >= 0.6 is 0 Å². The Balaban J connectivity index is 1.73. The van der Waals surface area contributed by atoms with E-state index in [1.165, 1.54) is 25.8 Å². The van der Waals surface area contributed by atoms with Gasteiger partial charge in [0.05, 0.1) is 6.10 Å². The monoisotopic (exact) mass is 225 g/mol. The summed E-state index contributed by atoms with van der Waals surface area (Å²) in [5, 5.41) is 3.76. The van der Waals surface area contributed by atoms with Crippen LogP contribution in [0, 0.1) is 17.3 Å². The highest BCUT2D eigenvalue weighted by molar-refractivity contribution is 5.11. The average molecular weight is 225 g/mol. The summed E-state index contributed by atoms with van der Waals surface area (Å²) in [7, 11) is 0. The summed E-state index contributed by atoms with van der Waals surface area (Å²) in [6.07, 6.45) is 4.43. The van der Waals surface area contributed by atoms with Crippen LogP contribution in [0.5, 0.6) is 0 Å². The van der Waals surface area contributed by atoms with Gasteiger partial charge in [-0.05, 0) is 31.7 Å². The van der Waals surface area contributed by atoms with Crippen molar-refractivity contribution < 1.29 is 4.74 Å². The van der Waals surface area contributed by atoms with Gasteiger partial charge in [0, 0.05) is 24.0 Å². The highest BCUT2D eigenvalue weighted by Gasteiger charge is 2.58. The fourth-order valence-corrected chi connectivity index (χ4v) is 3.51. The van der Waals surface area contributed by atoms with Gasteiger partial charge in [0.2, 0.25) is 0 Å². The minimum Gasteiger partial charge on any atom is -0.377 e. The minimum absolute atomic E-state index is 0.346. The smallest absolute Gasteiger partial charge is 0.0685 e. The minimum atomic E-state index is 0.346. The maximum Gasteiger partial charge on any atom is 0.0685 e. The number of ether oxygens (including phenoxy) is 1. The van der Waals surface area contributed by atoms with Crippen molar-refractivity contribution in [1.29, 1.82) is 0 Å². The normalized spacial score (nSPS) is 36.2. The lowest BCUT2D eigenvalue weighted by atomic mass is 9.57. The van der Waals surface area contributed by atoms with Crippen molar-refractivity contribution >= 4 is 0 Å². The Hall–Kier alpha value is -0.0800. The van der Waals surface area contributed by atoms with Crippen molar-refractivity contribution in [3.63, 3.8) is 0 Å². The topological polar surface area (TPSA) is 21.3 Å². The van der Waals surface area contributed by atoms with Crippen LogP contribution in [0.3, 0.4) is 0 Å². The Kier molecular flexibility index (Phi) is 3.60. The van der Waals surface area contributed by atoms with Gasteiger partial charge in [0.25, 0.3) is 0 Å². The Bertz CT molecular complexity index is 237. The first-order valence-corrected chi connectivity index (χ1v) is 6.88. The van der Waals surface area contributed by atoms with Gasteiger partial charge in [-0.3, -0.25) is 0 Å². The van der Waals surface area contributed by atoms with Gasteiger partial charge in [0.1, 0.15) is 0 Å². The summed E-state index contributed by atoms with van der Waals surface area (Å²) in [6.45, 7) is 11.4. The molecule has 16 heavy (non-hydrogen) atoms. The van der Waals surface area contributed by atoms with E-state index in [2.05, 4.69) is 33.0 Å². The first kappa shape index (κ1) is 12.4. The second-order valence-electron chi connectivity index (χ2n) is 6.53. The number of rotatable bonds is 5. The molecule has 1 heterocycles. The molecule has 0 aromatic rings. The van der Waals surface area contributed by atoms with Gasteiger partial charge < -0.3 is 10.1 Å². The molecule has 2 aliphatic rings. The van der Waals surface area contributed by atoms with Crippen LogP contribution < -0.4 is 5.32 Å². The Morgan fingerprint density at radius 2 is 2.12 bits per heavy atom. The van der Waals surface area contributed by atoms with Crippen LogP contribution in [0.25, 0.3) is 0 Å². The van der Waals surface area contributed by atoms with Crippen LogP contribution in [-0.2, 0) is 4.74 Å². The maximum atomic E-state index is 5.80. The zero-order valence-corrected chi connectivity index (χ0v) is 11.3. The summed E-state index contributed by atoms with van der Waals surface area (Å²) < 4.78 is 5.80. The molecular weight excluding hydrogens is 198 g/mol. The van der Waals surface area contributed by atoms with Crippen molar-refractivity contribution in [3.8, 4) is 0 Å². The lowest BCUT2D eigenvalue weighted by molar-refractivity contribution is -0.112. The van der Waals surface area contributed by atoms with Crippen LogP contribution in [0.1, 0.15) is 47.0 Å². The van der Waals surface area contributed by atoms with Crippen LogP contribution in [0.15, 0.2) is 0 Å². The van der Waals surface area contributed by atoms with Gasteiger partial charge in [-0.2, -0.15) is 0 Å². The molecule has 2 fully saturated rings. The van der Waals surface area contributed by atoms with Crippen molar-refractivity contribution in [1.82, 2.24) is 5.32 Å². The maximum absolute atomic E-state index is 5.80. The molecule has 2 nitrogen and oxygen atoms in total. The summed E-state index contributed by atoms with van der Waals surface area (Å²) >= 11 is 0.